The molecule has 1 saturated carbocycles. The molecule has 5 heteroatoms. The highest BCUT2D eigenvalue weighted by molar-refractivity contribution is 5.85. The number of carbonyl (C=O) groups is 2. The van der Waals surface area contributed by atoms with Crippen molar-refractivity contribution in [1.29, 1.82) is 0 Å². The topological polar surface area (TPSA) is 75.6 Å². The standard InChI is InChI=1S/C18H25NO4/c1-23-15-11-9-13(10-12-15)16(18(21)22)19-17(20)14-7-5-3-2-4-6-8-14/h9-12,14,16H,2-8H2,1H3,(H,19,20)(H,21,22). The number of carboxylic acid groups (broad SMARTS) is 1. The molecule has 1 unspecified atom stereocenters. The highest BCUT2D eigenvalue weighted by Gasteiger charge is 2.26. The Morgan fingerprint density at radius 3 is 2.17 bits per heavy atom. The van der Waals surface area contributed by atoms with Crippen LogP contribution < -0.4 is 10.1 Å². The lowest BCUT2D eigenvalue weighted by molar-refractivity contribution is -0.142. The minimum absolute atomic E-state index is 0.0737. The lowest BCUT2D eigenvalue weighted by Crippen LogP contribution is -2.38. The van der Waals surface area contributed by atoms with Crippen molar-refractivity contribution in [1.82, 2.24) is 5.32 Å². The molecular formula is C18H25NO4. The molecule has 0 aliphatic heterocycles. The van der Waals surface area contributed by atoms with Crippen LogP contribution in [0.5, 0.6) is 5.75 Å². The van der Waals surface area contributed by atoms with Gasteiger partial charge in [-0.3, -0.25) is 4.79 Å². The average molecular weight is 319 g/mol. The Morgan fingerprint density at radius 2 is 1.65 bits per heavy atom. The maximum atomic E-state index is 12.5. The molecule has 1 atom stereocenters. The number of aliphatic carboxylic acids is 1. The number of amides is 1. The molecular weight excluding hydrogens is 294 g/mol. The van der Waals surface area contributed by atoms with Gasteiger partial charge in [0.05, 0.1) is 7.11 Å². The number of carbonyl (C=O) groups excluding carboxylic acids is 1. The summed E-state index contributed by atoms with van der Waals surface area (Å²) in [5.74, 6) is -0.607. The Balaban J connectivity index is 2.05. The van der Waals surface area contributed by atoms with Crippen molar-refractivity contribution in [2.24, 2.45) is 5.92 Å². The van der Waals surface area contributed by atoms with Crippen LogP contribution in [0, 0.1) is 5.92 Å². The molecule has 1 aliphatic rings. The van der Waals surface area contributed by atoms with E-state index in [0.717, 1.165) is 38.5 Å². The van der Waals surface area contributed by atoms with Gasteiger partial charge in [0.2, 0.25) is 5.91 Å². The smallest absolute Gasteiger partial charge is 0.330 e. The molecule has 1 aromatic carbocycles. The number of hydrogen-bond donors (Lipinski definition) is 2. The predicted octanol–water partition coefficient (Wildman–Crippen LogP) is 3.30. The van der Waals surface area contributed by atoms with Gasteiger partial charge in [0.15, 0.2) is 6.04 Å². The van der Waals surface area contributed by atoms with Crippen LogP contribution in [0.4, 0.5) is 0 Å². The molecule has 2 N–H and O–H groups in total. The number of nitrogens with one attached hydrogen (secondary N) is 1. The Hall–Kier alpha value is -2.04. The fourth-order valence-electron chi connectivity index (χ4n) is 3.06. The van der Waals surface area contributed by atoms with Gasteiger partial charge in [-0.1, -0.05) is 44.2 Å². The molecule has 2 rings (SSSR count). The minimum Gasteiger partial charge on any atom is -0.497 e. The summed E-state index contributed by atoms with van der Waals surface area (Å²) in [6, 6.07) is 5.74. The summed E-state index contributed by atoms with van der Waals surface area (Å²) in [7, 11) is 1.56. The van der Waals surface area contributed by atoms with Crippen LogP contribution in [0.3, 0.4) is 0 Å². The zero-order valence-corrected chi connectivity index (χ0v) is 13.6. The van der Waals surface area contributed by atoms with Gasteiger partial charge >= 0.3 is 5.97 Å². The van der Waals surface area contributed by atoms with Crippen LogP contribution in [0.2, 0.25) is 0 Å². The van der Waals surface area contributed by atoms with Crippen LogP contribution in [-0.2, 0) is 9.59 Å². The molecule has 23 heavy (non-hydrogen) atoms. The van der Waals surface area contributed by atoms with Gasteiger partial charge in [-0.15, -0.1) is 0 Å². The first-order chi connectivity index (χ1) is 11.1. The van der Waals surface area contributed by atoms with Gasteiger partial charge < -0.3 is 15.2 Å². The molecule has 0 aromatic heterocycles. The second-order valence-corrected chi connectivity index (χ2v) is 6.10. The number of hydrogen-bond acceptors (Lipinski definition) is 3. The summed E-state index contributed by atoms with van der Waals surface area (Å²) < 4.78 is 5.08. The fourth-order valence-corrected chi connectivity index (χ4v) is 3.06. The van der Waals surface area contributed by atoms with Gasteiger partial charge in [0, 0.05) is 5.92 Å². The second-order valence-electron chi connectivity index (χ2n) is 6.10. The highest BCUT2D eigenvalue weighted by atomic mass is 16.5. The van der Waals surface area contributed by atoms with Gasteiger partial charge in [-0.25, -0.2) is 4.79 Å². The van der Waals surface area contributed by atoms with Crippen molar-refractivity contribution in [2.45, 2.75) is 51.0 Å². The van der Waals surface area contributed by atoms with E-state index in [1.54, 1.807) is 31.4 Å². The second kappa shape index (κ2) is 8.56. The molecule has 1 fully saturated rings. The summed E-state index contributed by atoms with van der Waals surface area (Å²) in [5.41, 5.74) is 0.553. The average Bonchev–Trinajstić information content (AvgIpc) is 2.52. The number of rotatable bonds is 5. The molecule has 0 bridgehead atoms. The summed E-state index contributed by atoms with van der Waals surface area (Å²) in [6.07, 6.45) is 7.32. The summed E-state index contributed by atoms with van der Waals surface area (Å²) in [5, 5.41) is 12.2. The third-order valence-corrected chi connectivity index (χ3v) is 4.46. The fraction of sp³-hybridized carbons (Fsp3) is 0.556. The normalized spacial score (nSPS) is 17.6. The van der Waals surface area contributed by atoms with E-state index in [-0.39, 0.29) is 11.8 Å². The molecule has 126 valence electrons. The monoisotopic (exact) mass is 319 g/mol. The minimum atomic E-state index is -1.05. The SMILES string of the molecule is COc1ccc(C(NC(=O)C2CCCCCCC2)C(=O)O)cc1. The van der Waals surface area contributed by atoms with Gasteiger partial charge in [0.25, 0.3) is 0 Å². The Bertz CT molecular complexity index is 518. The van der Waals surface area contributed by atoms with Crippen molar-refractivity contribution in [3.63, 3.8) is 0 Å². The quantitative estimate of drug-likeness (QED) is 0.873. The van der Waals surface area contributed by atoms with E-state index >= 15 is 0 Å². The van der Waals surface area contributed by atoms with Crippen LogP contribution in [0.1, 0.15) is 56.6 Å². The molecule has 1 aromatic rings. The van der Waals surface area contributed by atoms with E-state index in [2.05, 4.69) is 5.32 Å². The van der Waals surface area contributed by atoms with Crippen LogP contribution in [0.25, 0.3) is 0 Å². The van der Waals surface area contributed by atoms with Gasteiger partial charge in [0.1, 0.15) is 5.75 Å². The third-order valence-electron chi connectivity index (χ3n) is 4.46. The van der Waals surface area contributed by atoms with Crippen molar-refractivity contribution in [3.05, 3.63) is 29.8 Å². The van der Waals surface area contributed by atoms with Crippen LogP contribution >= 0.6 is 0 Å². The number of ether oxygens (including phenoxy) is 1. The zero-order valence-electron chi connectivity index (χ0n) is 13.6. The Kier molecular flexibility index (Phi) is 6.44. The number of methoxy groups -OCH3 is 1. The predicted molar refractivity (Wildman–Crippen MR) is 87.3 cm³/mol. The van der Waals surface area contributed by atoms with Crippen molar-refractivity contribution in [2.75, 3.05) is 7.11 Å². The molecule has 1 aliphatic carbocycles. The third kappa shape index (κ3) is 4.98. The molecule has 0 radical (unpaired) electrons. The largest absolute Gasteiger partial charge is 0.497 e. The maximum Gasteiger partial charge on any atom is 0.330 e. The van der Waals surface area contributed by atoms with E-state index < -0.39 is 12.0 Å². The molecule has 5 nitrogen and oxygen atoms in total. The first kappa shape index (κ1) is 17.3. The summed E-state index contributed by atoms with van der Waals surface area (Å²) >= 11 is 0. The van der Waals surface area contributed by atoms with Gasteiger partial charge in [-0.2, -0.15) is 0 Å². The lowest BCUT2D eigenvalue weighted by Gasteiger charge is -2.22. The van der Waals surface area contributed by atoms with Crippen molar-refractivity contribution >= 4 is 11.9 Å². The van der Waals surface area contributed by atoms with E-state index in [1.807, 2.05) is 0 Å². The van der Waals surface area contributed by atoms with E-state index in [9.17, 15) is 14.7 Å². The molecule has 0 saturated heterocycles. The number of benzene rings is 1. The van der Waals surface area contributed by atoms with Crippen LogP contribution in [-0.4, -0.2) is 24.1 Å². The zero-order chi connectivity index (χ0) is 16.7. The van der Waals surface area contributed by atoms with Gasteiger partial charge in [-0.05, 0) is 30.5 Å². The molecule has 0 heterocycles. The lowest BCUT2D eigenvalue weighted by atomic mass is 9.90. The Morgan fingerprint density at radius 1 is 1.09 bits per heavy atom. The number of carboxylic acids is 1. The maximum absolute atomic E-state index is 12.5. The van der Waals surface area contributed by atoms with E-state index in [4.69, 9.17) is 4.74 Å². The highest BCUT2D eigenvalue weighted by Crippen LogP contribution is 2.24. The first-order valence-corrected chi connectivity index (χ1v) is 8.29. The first-order valence-electron chi connectivity index (χ1n) is 8.29. The molecule has 0 spiro atoms. The van der Waals surface area contributed by atoms with Crippen molar-refractivity contribution in [3.8, 4) is 5.75 Å². The van der Waals surface area contributed by atoms with E-state index in [0.29, 0.717) is 11.3 Å². The van der Waals surface area contributed by atoms with E-state index in [1.165, 1.54) is 6.42 Å². The summed E-state index contributed by atoms with van der Waals surface area (Å²) in [4.78, 5) is 24.0. The summed E-state index contributed by atoms with van der Waals surface area (Å²) in [6.45, 7) is 0. The molecule has 1 amide bonds. The Labute approximate surface area is 137 Å². The van der Waals surface area contributed by atoms with Crippen molar-refractivity contribution < 1.29 is 19.4 Å². The van der Waals surface area contributed by atoms with Crippen LogP contribution in [0.15, 0.2) is 24.3 Å².